The molecule has 5 heteroatoms. The summed E-state index contributed by atoms with van der Waals surface area (Å²) in [4.78, 5) is 4.73. The molecule has 0 aliphatic carbocycles. The third kappa shape index (κ3) is 1.83. The third-order valence-corrected chi connectivity index (χ3v) is 6.10. The van der Waals surface area contributed by atoms with E-state index in [2.05, 4.69) is 6.07 Å². The van der Waals surface area contributed by atoms with E-state index in [0.29, 0.717) is 12.2 Å². The number of benzene rings is 2. The number of pyridine rings is 1. The molecule has 0 unspecified atom stereocenters. The van der Waals surface area contributed by atoms with E-state index in [1.807, 2.05) is 43.3 Å². The number of hydrogen-bond donors (Lipinski definition) is 1. The summed E-state index contributed by atoms with van der Waals surface area (Å²) >= 11 is 0. The van der Waals surface area contributed by atoms with Gasteiger partial charge in [0.25, 0.3) is 0 Å². The molecule has 0 radical (unpaired) electrons. The fourth-order valence-corrected chi connectivity index (χ4v) is 4.98. The Morgan fingerprint density at radius 1 is 1.04 bits per heavy atom. The molecular weight excluding hydrogens is 342 g/mol. The van der Waals surface area contributed by atoms with Gasteiger partial charge in [0.15, 0.2) is 11.5 Å². The van der Waals surface area contributed by atoms with Crippen molar-refractivity contribution >= 4 is 10.9 Å². The van der Waals surface area contributed by atoms with Crippen LogP contribution in [0.25, 0.3) is 10.9 Å². The van der Waals surface area contributed by atoms with Crippen LogP contribution in [-0.2, 0) is 10.3 Å². The van der Waals surface area contributed by atoms with Crippen LogP contribution >= 0.6 is 0 Å². The zero-order valence-electron chi connectivity index (χ0n) is 14.9. The first kappa shape index (κ1) is 15.4. The van der Waals surface area contributed by atoms with E-state index < -0.39 is 11.7 Å². The molecule has 3 aromatic rings. The maximum atomic E-state index is 11.1. The molecule has 0 saturated carbocycles. The number of aromatic nitrogens is 1. The second-order valence-electron chi connectivity index (χ2n) is 7.48. The Balaban J connectivity index is 1.71. The number of aliphatic hydroxyl groups excluding tert-OH is 1. The fourth-order valence-electron chi connectivity index (χ4n) is 4.98. The molecule has 0 amide bonds. The number of hydrogen-bond acceptors (Lipinski definition) is 5. The maximum Gasteiger partial charge on any atom is 0.231 e. The molecule has 0 spiro atoms. The normalized spacial score (nSPS) is 27.8. The average molecular weight is 361 g/mol. The van der Waals surface area contributed by atoms with Crippen molar-refractivity contribution in [1.82, 2.24) is 4.98 Å². The Kier molecular flexibility index (Phi) is 2.98. The highest BCUT2D eigenvalue weighted by Gasteiger charge is 2.55. The van der Waals surface area contributed by atoms with Crippen LogP contribution in [0.15, 0.2) is 42.5 Å². The molecule has 1 fully saturated rings. The Morgan fingerprint density at radius 2 is 1.85 bits per heavy atom. The van der Waals surface area contributed by atoms with Gasteiger partial charge in [0.2, 0.25) is 6.79 Å². The van der Waals surface area contributed by atoms with E-state index in [-0.39, 0.29) is 12.9 Å². The highest BCUT2D eigenvalue weighted by Crippen LogP contribution is 2.58. The van der Waals surface area contributed by atoms with Crippen molar-refractivity contribution < 1.29 is 19.3 Å². The molecule has 136 valence electrons. The van der Waals surface area contributed by atoms with Gasteiger partial charge in [0, 0.05) is 5.56 Å². The van der Waals surface area contributed by atoms with Gasteiger partial charge in [-0.15, -0.1) is 0 Å². The van der Waals surface area contributed by atoms with Gasteiger partial charge in [-0.05, 0) is 37.0 Å². The second-order valence-corrected chi connectivity index (χ2v) is 7.48. The van der Waals surface area contributed by atoms with Crippen molar-refractivity contribution in [2.24, 2.45) is 0 Å². The van der Waals surface area contributed by atoms with E-state index in [1.165, 1.54) is 0 Å². The number of aryl methyl sites for hydroxylation is 1. The minimum absolute atomic E-state index is 0.0925. The van der Waals surface area contributed by atoms with E-state index >= 15 is 0 Å². The summed E-state index contributed by atoms with van der Waals surface area (Å²) in [6.45, 7) is 2.14. The topological polar surface area (TPSA) is 60.8 Å². The smallest absolute Gasteiger partial charge is 0.231 e. The Hall–Kier alpha value is -2.63. The fraction of sp³-hybridized carbons (Fsp3) is 0.318. The molecule has 5 nitrogen and oxygen atoms in total. The molecule has 1 saturated heterocycles. The third-order valence-electron chi connectivity index (χ3n) is 6.10. The lowest BCUT2D eigenvalue weighted by molar-refractivity contribution is -0.155. The van der Waals surface area contributed by atoms with Gasteiger partial charge in [-0.1, -0.05) is 36.4 Å². The Labute approximate surface area is 156 Å². The summed E-state index contributed by atoms with van der Waals surface area (Å²) in [7, 11) is 0. The van der Waals surface area contributed by atoms with E-state index in [0.717, 1.165) is 45.5 Å². The second kappa shape index (κ2) is 5.21. The minimum atomic E-state index is -0.842. The molecule has 1 N–H and O–H groups in total. The van der Waals surface area contributed by atoms with Crippen LogP contribution in [0.1, 0.15) is 41.3 Å². The van der Waals surface area contributed by atoms with Gasteiger partial charge in [-0.25, -0.2) is 4.98 Å². The van der Waals surface area contributed by atoms with Gasteiger partial charge >= 0.3 is 0 Å². The van der Waals surface area contributed by atoms with Gasteiger partial charge in [-0.2, -0.15) is 0 Å². The minimum Gasteiger partial charge on any atom is -0.453 e. The summed E-state index contributed by atoms with van der Waals surface area (Å²) in [5.74, 6) is 1.47. The zero-order valence-corrected chi connectivity index (χ0v) is 14.9. The van der Waals surface area contributed by atoms with E-state index in [1.54, 1.807) is 0 Å². The standard InChI is InChI=1S/C22H19NO4/c1-12-20-21(26-11-25-20)19-15(23-12)8-7-14-18(19)16-9-10-17(24)22(14,27-16)13-5-3-2-4-6-13/h2-8,16-17,24H,9-11H2,1H3/t16-,17-,22-/m0/s1. The number of aliphatic hydroxyl groups is 1. The van der Waals surface area contributed by atoms with Crippen LogP contribution in [0.3, 0.4) is 0 Å². The van der Waals surface area contributed by atoms with Crippen molar-refractivity contribution in [1.29, 1.82) is 0 Å². The predicted octanol–water partition coefficient (Wildman–Crippen LogP) is 3.74. The van der Waals surface area contributed by atoms with Gasteiger partial charge in [0.05, 0.1) is 28.8 Å². The quantitative estimate of drug-likeness (QED) is 0.715. The lowest BCUT2D eigenvalue weighted by atomic mass is 9.80. The summed E-state index contributed by atoms with van der Waals surface area (Å²) in [5.41, 5.74) is 3.94. The summed E-state index contributed by atoms with van der Waals surface area (Å²) in [5, 5.41) is 12.0. The maximum absolute atomic E-state index is 11.1. The molecule has 27 heavy (non-hydrogen) atoms. The summed E-state index contributed by atoms with van der Waals surface area (Å²) < 4.78 is 18.1. The SMILES string of the molecule is Cc1nc2ccc3c(c2c2c1OCO2)[C@@H]1CC[C@H](O)[C@@]3(c2ccccc2)O1. The lowest BCUT2D eigenvalue weighted by Gasteiger charge is -2.39. The molecule has 4 heterocycles. The van der Waals surface area contributed by atoms with Crippen LogP contribution in [0.5, 0.6) is 11.5 Å². The van der Waals surface area contributed by atoms with Crippen LogP contribution in [-0.4, -0.2) is 23.0 Å². The molecule has 3 aliphatic heterocycles. The largest absolute Gasteiger partial charge is 0.453 e. The predicted molar refractivity (Wildman–Crippen MR) is 98.9 cm³/mol. The summed E-state index contributed by atoms with van der Waals surface area (Å²) in [6.07, 6.45) is 0.767. The van der Waals surface area contributed by atoms with Crippen molar-refractivity contribution in [3.63, 3.8) is 0 Å². The summed E-state index contributed by atoms with van der Waals surface area (Å²) in [6, 6.07) is 14.1. The van der Waals surface area contributed by atoms with Gasteiger partial charge in [-0.3, -0.25) is 0 Å². The number of fused-ring (bicyclic) bond motifs is 9. The van der Waals surface area contributed by atoms with Gasteiger partial charge < -0.3 is 19.3 Å². The molecule has 3 aliphatic rings. The number of nitrogens with zero attached hydrogens (tertiary/aromatic N) is 1. The van der Waals surface area contributed by atoms with Crippen LogP contribution in [0, 0.1) is 6.92 Å². The Bertz CT molecular complexity index is 1080. The van der Waals surface area contributed by atoms with Crippen molar-refractivity contribution in [2.75, 3.05) is 6.79 Å². The first-order valence-electron chi connectivity index (χ1n) is 9.35. The van der Waals surface area contributed by atoms with Crippen LogP contribution < -0.4 is 9.47 Å². The van der Waals surface area contributed by atoms with Crippen molar-refractivity contribution in [3.8, 4) is 11.5 Å². The van der Waals surface area contributed by atoms with E-state index in [9.17, 15) is 5.11 Å². The van der Waals surface area contributed by atoms with Crippen LogP contribution in [0.2, 0.25) is 0 Å². The highest BCUT2D eigenvalue weighted by atomic mass is 16.7. The molecule has 3 atom stereocenters. The van der Waals surface area contributed by atoms with Gasteiger partial charge in [0.1, 0.15) is 5.60 Å². The first-order valence-corrected chi connectivity index (χ1v) is 9.35. The monoisotopic (exact) mass is 361 g/mol. The average Bonchev–Trinajstić information content (AvgIpc) is 3.29. The van der Waals surface area contributed by atoms with E-state index in [4.69, 9.17) is 19.2 Å². The highest BCUT2D eigenvalue weighted by molar-refractivity contribution is 5.93. The lowest BCUT2D eigenvalue weighted by Crippen LogP contribution is -2.43. The Morgan fingerprint density at radius 3 is 2.70 bits per heavy atom. The number of ether oxygens (including phenoxy) is 3. The van der Waals surface area contributed by atoms with Crippen molar-refractivity contribution in [3.05, 3.63) is 64.8 Å². The molecule has 2 bridgehead atoms. The van der Waals surface area contributed by atoms with Crippen LogP contribution in [0.4, 0.5) is 0 Å². The number of rotatable bonds is 1. The first-order chi connectivity index (χ1) is 13.2. The zero-order chi connectivity index (χ0) is 18.2. The molecule has 6 rings (SSSR count). The molecular formula is C22H19NO4. The molecule has 2 aromatic carbocycles. The van der Waals surface area contributed by atoms with Crippen molar-refractivity contribution in [2.45, 2.75) is 37.6 Å². The molecule has 1 aromatic heterocycles.